The predicted molar refractivity (Wildman–Crippen MR) is 64.5 cm³/mol. The highest BCUT2D eigenvalue weighted by Crippen LogP contribution is 2.27. The first-order valence-electron chi connectivity index (χ1n) is 5.42. The molecule has 1 saturated heterocycles. The van der Waals surface area contributed by atoms with Crippen LogP contribution in [-0.4, -0.2) is 29.4 Å². The first kappa shape index (κ1) is 12.8. The van der Waals surface area contributed by atoms with E-state index >= 15 is 0 Å². The maximum absolute atomic E-state index is 13.5. The van der Waals surface area contributed by atoms with E-state index in [0.29, 0.717) is 24.5 Å². The second-order valence-electron chi connectivity index (χ2n) is 4.20. The minimum absolute atomic E-state index is 0.0568. The van der Waals surface area contributed by atoms with Gasteiger partial charge in [-0.2, -0.15) is 0 Å². The lowest BCUT2D eigenvalue weighted by Crippen LogP contribution is -2.25. The highest BCUT2D eigenvalue weighted by atomic mass is 35.5. The molecule has 0 saturated carbocycles. The molecule has 1 aromatic carbocycles. The van der Waals surface area contributed by atoms with Crippen molar-refractivity contribution < 1.29 is 19.1 Å². The Balaban J connectivity index is 2.27. The van der Waals surface area contributed by atoms with E-state index in [4.69, 9.17) is 16.7 Å². The van der Waals surface area contributed by atoms with Gasteiger partial charge >= 0.3 is 5.97 Å². The summed E-state index contributed by atoms with van der Waals surface area (Å²) in [6.07, 6.45) is 0.339. The van der Waals surface area contributed by atoms with Crippen LogP contribution in [0.5, 0.6) is 0 Å². The van der Waals surface area contributed by atoms with Gasteiger partial charge < -0.3 is 10.0 Å². The largest absolute Gasteiger partial charge is 0.478 e. The Morgan fingerprint density at radius 2 is 2.28 bits per heavy atom. The molecule has 1 aliphatic rings. The van der Waals surface area contributed by atoms with Crippen LogP contribution in [0.1, 0.15) is 16.8 Å². The van der Waals surface area contributed by atoms with Crippen LogP contribution in [-0.2, 0) is 4.79 Å². The van der Waals surface area contributed by atoms with Crippen molar-refractivity contribution >= 4 is 29.2 Å². The molecule has 1 fully saturated rings. The van der Waals surface area contributed by atoms with Crippen molar-refractivity contribution in [3.63, 3.8) is 0 Å². The Hall–Kier alpha value is -1.62. The number of rotatable bonds is 3. The van der Waals surface area contributed by atoms with Gasteiger partial charge in [0, 0.05) is 24.5 Å². The lowest BCUT2D eigenvalue weighted by atomic mass is 10.1. The zero-order chi connectivity index (χ0) is 13.3. The van der Waals surface area contributed by atoms with Gasteiger partial charge in [-0.1, -0.05) is 0 Å². The molecule has 1 heterocycles. The molecule has 6 heteroatoms. The molecule has 2 rings (SSSR count). The molecule has 0 aromatic heterocycles. The molecule has 1 atom stereocenters. The molecule has 4 nitrogen and oxygen atoms in total. The van der Waals surface area contributed by atoms with Crippen molar-refractivity contribution in [3.05, 3.63) is 29.6 Å². The van der Waals surface area contributed by atoms with Crippen molar-refractivity contribution in [2.75, 3.05) is 17.3 Å². The molecule has 1 N–H and O–H groups in total. The number of aromatic carboxylic acids is 1. The number of hydrogen-bond donors (Lipinski definition) is 1. The Morgan fingerprint density at radius 1 is 1.56 bits per heavy atom. The van der Waals surface area contributed by atoms with Crippen LogP contribution in [0.4, 0.5) is 10.1 Å². The topological polar surface area (TPSA) is 57.6 Å². The van der Waals surface area contributed by atoms with Crippen molar-refractivity contribution in [3.8, 4) is 0 Å². The summed E-state index contributed by atoms with van der Waals surface area (Å²) in [6, 6.07) is 3.66. The standard InChI is InChI=1S/C12H11ClFNO3/c13-5-7-3-11(16)15(6-7)8-1-2-9(12(17)18)10(14)4-8/h1-2,4,7H,3,5-6H2,(H,17,18). The number of hydrogen-bond acceptors (Lipinski definition) is 2. The number of carbonyl (C=O) groups is 2. The van der Waals surface area contributed by atoms with Crippen LogP contribution in [0.25, 0.3) is 0 Å². The van der Waals surface area contributed by atoms with Gasteiger partial charge in [0.05, 0.1) is 5.56 Å². The fourth-order valence-electron chi connectivity index (χ4n) is 1.98. The monoisotopic (exact) mass is 271 g/mol. The smallest absolute Gasteiger partial charge is 0.338 e. The number of carboxylic acid groups (broad SMARTS) is 1. The lowest BCUT2D eigenvalue weighted by Gasteiger charge is -2.16. The van der Waals surface area contributed by atoms with Crippen LogP contribution in [0.3, 0.4) is 0 Å². The van der Waals surface area contributed by atoms with Gasteiger partial charge in [-0.05, 0) is 24.1 Å². The van der Waals surface area contributed by atoms with E-state index in [9.17, 15) is 14.0 Å². The van der Waals surface area contributed by atoms with Gasteiger partial charge in [-0.25, -0.2) is 9.18 Å². The van der Waals surface area contributed by atoms with Gasteiger partial charge in [0.25, 0.3) is 0 Å². The van der Waals surface area contributed by atoms with Crippen molar-refractivity contribution in [1.29, 1.82) is 0 Å². The Labute approximate surface area is 108 Å². The molecule has 0 aliphatic carbocycles. The second kappa shape index (κ2) is 4.94. The third-order valence-corrected chi connectivity index (χ3v) is 3.35. The van der Waals surface area contributed by atoms with Crippen LogP contribution >= 0.6 is 11.6 Å². The van der Waals surface area contributed by atoms with Crippen molar-refractivity contribution in [1.82, 2.24) is 0 Å². The predicted octanol–water partition coefficient (Wildman–Crippen LogP) is 2.12. The summed E-state index contributed by atoms with van der Waals surface area (Å²) in [7, 11) is 0. The van der Waals surface area contributed by atoms with Gasteiger partial charge in [-0.3, -0.25) is 4.79 Å². The van der Waals surface area contributed by atoms with Gasteiger partial charge in [-0.15, -0.1) is 11.6 Å². The van der Waals surface area contributed by atoms with Crippen LogP contribution in [0.15, 0.2) is 18.2 Å². The number of nitrogens with zero attached hydrogens (tertiary/aromatic N) is 1. The van der Waals surface area contributed by atoms with E-state index in [0.717, 1.165) is 12.1 Å². The Bertz CT molecular complexity index is 506. The van der Waals surface area contributed by atoms with Crippen molar-refractivity contribution in [2.24, 2.45) is 5.92 Å². The molecular formula is C12H11ClFNO3. The maximum Gasteiger partial charge on any atom is 0.338 e. The number of carbonyl (C=O) groups excluding carboxylic acids is 1. The third-order valence-electron chi connectivity index (χ3n) is 2.92. The molecular weight excluding hydrogens is 261 g/mol. The average molecular weight is 272 g/mol. The van der Waals surface area contributed by atoms with Crippen LogP contribution < -0.4 is 4.90 Å². The summed E-state index contributed by atoms with van der Waals surface area (Å²) in [5, 5.41) is 8.72. The molecule has 0 bridgehead atoms. The zero-order valence-electron chi connectivity index (χ0n) is 9.40. The summed E-state index contributed by atoms with van der Waals surface area (Å²) < 4.78 is 13.5. The molecule has 1 aliphatic heterocycles. The Kier molecular flexibility index (Phi) is 3.52. The summed E-state index contributed by atoms with van der Waals surface area (Å²) in [6.45, 7) is 0.439. The molecule has 0 spiro atoms. The molecule has 18 heavy (non-hydrogen) atoms. The number of alkyl halides is 1. The normalized spacial score (nSPS) is 19.3. The lowest BCUT2D eigenvalue weighted by molar-refractivity contribution is -0.117. The number of anilines is 1. The molecule has 1 aromatic rings. The fourth-order valence-corrected chi connectivity index (χ4v) is 2.19. The summed E-state index contributed by atoms with van der Waals surface area (Å²) in [4.78, 5) is 23.8. The molecule has 96 valence electrons. The Morgan fingerprint density at radius 3 is 2.78 bits per heavy atom. The fraction of sp³-hybridized carbons (Fsp3) is 0.333. The highest BCUT2D eigenvalue weighted by Gasteiger charge is 2.30. The summed E-state index contributed by atoms with van der Waals surface area (Å²) in [5.74, 6) is -1.87. The quantitative estimate of drug-likeness (QED) is 0.857. The zero-order valence-corrected chi connectivity index (χ0v) is 10.2. The van der Waals surface area contributed by atoms with Gasteiger partial charge in [0.2, 0.25) is 5.91 Å². The first-order chi connectivity index (χ1) is 8.52. The van der Waals surface area contributed by atoms with E-state index in [1.807, 2.05) is 0 Å². The number of amides is 1. The van der Waals surface area contributed by atoms with E-state index < -0.39 is 17.3 Å². The number of halogens is 2. The van der Waals surface area contributed by atoms with Gasteiger partial charge in [0.1, 0.15) is 5.82 Å². The van der Waals surface area contributed by atoms with E-state index in [1.54, 1.807) is 0 Å². The maximum atomic E-state index is 13.5. The summed E-state index contributed by atoms with van der Waals surface area (Å²) in [5.41, 5.74) is -0.0330. The third kappa shape index (κ3) is 2.31. The van der Waals surface area contributed by atoms with Crippen LogP contribution in [0, 0.1) is 11.7 Å². The average Bonchev–Trinajstić information content (AvgIpc) is 2.70. The first-order valence-corrected chi connectivity index (χ1v) is 5.95. The SMILES string of the molecule is O=C(O)c1ccc(N2CC(CCl)CC2=O)cc1F. The highest BCUT2D eigenvalue weighted by molar-refractivity contribution is 6.18. The van der Waals surface area contributed by atoms with Crippen LogP contribution in [0.2, 0.25) is 0 Å². The second-order valence-corrected chi connectivity index (χ2v) is 4.51. The molecule has 1 unspecified atom stereocenters. The van der Waals surface area contributed by atoms with Crippen molar-refractivity contribution in [2.45, 2.75) is 6.42 Å². The number of benzene rings is 1. The summed E-state index contributed by atoms with van der Waals surface area (Å²) >= 11 is 5.69. The minimum Gasteiger partial charge on any atom is -0.478 e. The van der Waals surface area contributed by atoms with Gasteiger partial charge in [0.15, 0.2) is 0 Å². The van der Waals surface area contributed by atoms with E-state index in [1.165, 1.54) is 11.0 Å². The molecule has 0 radical (unpaired) electrons. The van der Waals surface area contributed by atoms with E-state index in [2.05, 4.69) is 0 Å². The molecule has 1 amide bonds. The number of carboxylic acids is 1. The van der Waals surface area contributed by atoms with E-state index in [-0.39, 0.29) is 11.8 Å². The minimum atomic E-state index is -1.33.